The minimum absolute atomic E-state index is 0. The van der Waals surface area contributed by atoms with Crippen LogP contribution < -0.4 is 15.4 Å². The van der Waals surface area contributed by atoms with Crippen molar-refractivity contribution in [3.63, 3.8) is 0 Å². The van der Waals surface area contributed by atoms with Gasteiger partial charge in [0.2, 0.25) is 5.89 Å². The molecule has 1 aromatic carbocycles. The van der Waals surface area contributed by atoms with Crippen molar-refractivity contribution in [3.05, 3.63) is 46.7 Å². The molecular weight excluding hydrogens is 471 g/mol. The van der Waals surface area contributed by atoms with Gasteiger partial charge in [-0.15, -0.1) is 24.0 Å². The number of methoxy groups -OCH3 is 1. The third kappa shape index (κ3) is 7.67. The Morgan fingerprint density at radius 2 is 1.96 bits per heavy atom. The summed E-state index contributed by atoms with van der Waals surface area (Å²) < 4.78 is 16.5. The van der Waals surface area contributed by atoms with Crippen LogP contribution in [0.15, 0.2) is 27.6 Å². The Hall–Kier alpha value is -1.81. The van der Waals surface area contributed by atoms with Gasteiger partial charge in [-0.05, 0) is 39.3 Å². The van der Waals surface area contributed by atoms with E-state index in [9.17, 15) is 0 Å². The Balaban J connectivity index is 0.00000392. The first kappa shape index (κ1) is 24.2. The van der Waals surface area contributed by atoms with Crippen LogP contribution in [0, 0.1) is 20.8 Å². The first-order chi connectivity index (χ1) is 13.0. The average molecular weight is 502 g/mol. The Bertz CT molecular complexity index is 742. The first-order valence-corrected chi connectivity index (χ1v) is 9.19. The van der Waals surface area contributed by atoms with Gasteiger partial charge in [0, 0.05) is 19.2 Å². The molecule has 0 amide bonds. The van der Waals surface area contributed by atoms with E-state index in [1.54, 1.807) is 7.11 Å². The van der Waals surface area contributed by atoms with Crippen LogP contribution >= 0.6 is 24.0 Å². The van der Waals surface area contributed by atoms with E-state index in [2.05, 4.69) is 26.7 Å². The molecule has 156 valence electrons. The summed E-state index contributed by atoms with van der Waals surface area (Å²) in [6.07, 6.45) is 0. The van der Waals surface area contributed by atoms with Crippen LogP contribution in [0.5, 0.6) is 5.75 Å². The van der Waals surface area contributed by atoms with Gasteiger partial charge in [0.25, 0.3) is 0 Å². The lowest BCUT2D eigenvalue weighted by Crippen LogP contribution is -2.36. The molecule has 0 aliphatic carbocycles. The lowest BCUT2D eigenvalue weighted by atomic mass is 10.1. The zero-order chi connectivity index (χ0) is 19.6. The number of halogens is 1. The number of rotatable bonds is 9. The van der Waals surface area contributed by atoms with Gasteiger partial charge in [-0.2, -0.15) is 0 Å². The number of benzene rings is 1. The fraction of sp³-hybridized carbons (Fsp3) is 0.500. The summed E-state index contributed by atoms with van der Waals surface area (Å²) in [5.74, 6) is 3.03. The minimum Gasteiger partial charge on any atom is -0.491 e. The van der Waals surface area contributed by atoms with E-state index in [4.69, 9.17) is 13.9 Å². The predicted molar refractivity (Wildman–Crippen MR) is 122 cm³/mol. The largest absolute Gasteiger partial charge is 0.491 e. The molecule has 7 nitrogen and oxygen atoms in total. The molecule has 0 radical (unpaired) electrons. The standard InChI is InChI=1S/C20H30N4O3.HI/c1-6-21-20(23-13-19-24-15(3)16(4)27-19)22-12-17-8-7-14(2)11-18(17)26-10-9-25-5;/h7-8,11H,6,9-10,12-13H2,1-5H3,(H2,21,22,23);1H. The second kappa shape index (κ2) is 12.6. The van der Waals surface area contributed by atoms with Gasteiger partial charge < -0.3 is 24.5 Å². The molecule has 0 unspecified atom stereocenters. The molecule has 0 spiro atoms. The summed E-state index contributed by atoms with van der Waals surface area (Å²) in [5, 5.41) is 6.49. The van der Waals surface area contributed by atoms with Crippen molar-refractivity contribution >= 4 is 29.9 Å². The average Bonchev–Trinajstić information content (AvgIpc) is 2.96. The lowest BCUT2D eigenvalue weighted by Gasteiger charge is -2.13. The quantitative estimate of drug-likeness (QED) is 0.237. The Morgan fingerprint density at radius 3 is 2.61 bits per heavy atom. The van der Waals surface area contributed by atoms with Crippen LogP contribution in [0.1, 0.15) is 35.4 Å². The molecule has 0 bridgehead atoms. The molecule has 2 aromatic rings. The van der Waals surface area contributed by atoms with Crippen LogP contribution in [-0.4, -0.2) is 37.8 Å². The van der Waals surface area contributed by atoms with Crippen molar-refractivity contribution in [2.75, 3.05) is 26.9 Å². The number of nitrogens with one attached hydrogen (secondary N) is 2. The van der Waals surface area contributed by atoms with Crippen LogP contribution in [-0.2, 0) is 17.8 Å². The summed E-state index contributed by atoms with van der Waals surface area (Å²) in [6.45, 7) is 10.7. The molecule has 0 aliphatic rings. The Labute approximate surface area is 184 Å². The smallest absolute Gasteiger partial charge is 0.214 e. The van der Waals surface area contributed by atoms with Crippen LogP contribution in [0.25, 0.3) is 0 Å². The molecule has 0 saturated heterocycles. The molecule has 2 N–H and O–H groups in total. The fourth-order valence-electron chi connectivity index (χ4n) is 2.44. The summed E-state index contributed by atoms with van der Waals surface area (Å²) in [5.41, 5.74) is 3.08. The maximum atomic E-state index is 5.84. The highest BCUT2D eigenvalue weighted by atomic mass is 127. The van der Waals surface area contributed by atoms with E-state index in [1.165, 1.54) is 0 Å². The first-order valence-electron chi connectivity index (χ1n) is 9.19. The van der Waals surface area contributed by atoms with Gasteiger partial charge in [-0.3, -0.25) is 0 Å². The molecule has 0 aliphatic heterocycles. The molecule has 28 heavy (non-hydrogen) atoms. The van der Waals surface area contributed by atoms with Crippen molar-refractivity contribution in [2.24, 2.45) is 4.99 Å². The van der Waals surface area contributed by atoms with Crippen LogP contribution in [0.4, 0.5) is 0 Å². The fourth-order valence-corrected chi connectivity index (χ4v) is 2.44. The van der Waals surface area contributed by atoms with Crippen molar-refractivity contribution in [2.45, 2.75) is 40.8 Å². The van der Waals surface area contributed by atoms with Crippen molar-refractivity contribution in [1.82, 2.24) is 15.6 Å². The van der Waals surface area contributed by atoms with E-state index in [-0.39, 0.29) is 24.0 Å². The summed E-state index contributed by atoms with van der Waals surface area (Å²) >= 11 is 0. The number of ether oxygens (including phenoxy) is 2. The van der Waals surface area contributed by atoms with E-state index >= 15 is 0 Å². The molecule has 1 aromatic heterocycles. The number of oxazole rings is 1. The SMILES string of the molecule is CCNC(=NCc1ccc(C)cc1OCCOC)NCc1nc(C)c(C)o1.I. The number of aromatic nitrogens is 1. The number of nitrogens with zero attached hydrogens (tertiary/aromatic N) is 2. The van der Waals surface area contributed by atoms with Crippen LogP contribution in [0.2, 0.25) is 0 Å². The maximum Gasteiger partial charge on any atom is 0.214 e. The number of guanidine groups is 1. The highest BCUT2D eigenvalue weighted by Gasteiger charge is 2.08. The monoisotopic (exact) mass is 502 g/mol. The van der Waals surface area contributed by atoms with Crippen molar-refractivity contribution in [3.8, 4) is 5.75 Å². The zero-order valence-electron chi connectivity index (χ0n) is 17.3. The van der Waals surface area contributed by atoms with Crippen molar-refractivity contribution < 1.29 is 13.9 Å². The van der Waals surface area contributed by atoms with E-state index in [0.717, 1.165) is 34.9 Å². The Kier molecular flexibility index (Phi) is 10.9. The minimum atomic E-state index is 0. The third-order valence-corrected chi connectivity index (χ3v) is 4.00. The maximum absolute atomic E-state index is 5.84. The second-order valence-electron chi connectivity index (χ2n) is 6.25. The topological polar surface area (TPSA) is 80.9 Å². The zero-order valence-corrected chi connectivity index (χ0v) is 19.6. The van der Waals surface area contributed by atoms with E-state index < -0.39 is 0 Å². The van der Waals surface area contributed by atoms with Gasteiger partial charge >= 0.3 is 0 Å². The molecule has 2 rings (SSSR count). The molecule has 1 heterocycles. The van der Waals surface area contributed by atoms with Gasteiger partial charge in [-0.1, -0.05) is 12.1 Å². The van der Waals surface area contributed by atoms with E-state index in [1.807, 2.05) is 39.8 Å². The number of aryl methyl sites for hydroxylation is 3. The molecule has 0 saturated carbocycles. The second-order valence-corrected chi connectivity index (χ2v) is 6.25. The highest BCUT2D eigenvalue weighted by molar-refractivity contribution is 14.0. The normalized spacial score (nSPS) is 11.1. The van der Waals surface area contributed by atoms with Gasteiger partial charge in [0.05, 0.1) is 25.4 Å². The Morgan fingerprint density at radius 1 is 1.18 bits per heavy atom. The van der Waals surface area contributed by atoms with Crippen LogP contribution in [0.3, 0.4) is 0 Å². The summed E-state index contributed by atoms with van der Waals surface area (Å²) in [4.78, 5) is 9.04. The molecule has 0 fully saturated rings. The highest BCUT2D eigenvalue weighted by Crippen LogP contribution is 2.21. The summed E-state index contributed by atoms with van der Waals surface area (Å²) in [7, 11) is 1.66. The summed E-state index contributed by atoms with van der Waals surface area (Å²) in [6, 6.07) is 6.14. The van der Waals surface area contributed by atoms with Crippen molar-refractivity contribution in [1.29, 1.82) is 0 Å². The molecule has 0 atom stereocenters. The predicted octanol–water partition coefficient (Wildman–Crippen LogP) is 3.50. The number of aliphatic imine (C=N–C) groups is 1. The lowest BCUT2D eigenvalue weighted by molar-refractivity contribution is 0.145. The molecule has 8 heteroatoms. The van der Waals surface area contributed by atoms with Gasteiger partial charge in [-0.25, -0.2) is 9.98 Å². The van der Waals surface area contributed by atoms with Gasteiger partial charge in [0.15, 0.2) is 5.96 Å². The number of hydrogen-bond donors (Lipinski definition) is 2. The number of hydrogen-bond acceptors (Lipinski definition) is 5. The third-order valence-electron chi connectivity index (χ3n) is 4.00. The molecular formula is C20H31IN4O3. The van der Waals surface area contributed by atoms with E-state index in [0.29, 0.717) is 38.2 Å². The van der Waals surface area contributed by atoms with Gasteiger partial charge in [0.1, 0.15) is 18.1 Å².